The summed E-state index contributed by atoms with van der Waals surface area (Å²) >= 11 is 0. The van der Waals surface area contributed by atoms with Gasteiger partial charge in [0.25, 0.3) is 0 Å². The molecule has 3 rings (SSSR count). The first-order valence-electron chi connectivity index (χ1n) is 10.4. The molecule has 0 bridgehead atoms. The molecule has 6 heteroatoms. The number of hydrogen-bond donors (Lipinski definition) is 0. The minimum atomic E-state index is 0.0412. The van der Waals surface area contributed by atoms with Crippen LogP contribution >= 0.6 is 0 Å². The van der Waals surface area contributed by atoms with Crippen LogP contribution in [0, 0.1) is 0 Å². The lowest BCUT2D eigenvalue weighted by atomic mass is 10.2. The minimum absolute atomic E-state index is 0.0412. The van der Waals surface area contributed by atoms with E-state index in [1.807, 2.05) is 66.4 Å². The summed E-state index contributed by atoms with van der Waals surface area (Å²) in [6.07, 6.45) is 3.45. The zero-order valence-corrected chi connectivity index (χ0v) is 17.8. The van der Waals surface area contributed by atoms with Gasteiger partial charge in [0.2, 0.25) is 5.91 Å². The van der Waals surface area contributed by atoms with Gasteiger partial charge in [0.1, 0.15) is 19.0 Å². The van der Waals surface area contributed by atoms with Crippen molar-refractivity contribution in [2.24, 2.45) is 0 Å². The van der Waals surface area contributed by atoms with Crippen molar-refractivity contribution < 1.29 is 19.0 Å². The summed E-state index contributed by atoms with van der Waals surface area (Å²) in [7, 11) is 2.07. The highest BCUT2D eigenvalue weighted by atomic mass is 16.5. The summed E-state index contributed by atoms with van der Waals surface area (Å²) in [6, 6.07) is 15.3. The number of hydrogen-bond acceptors (Lipinski definition) is 5. The van der Waals surface area contributed by atoms with E-state index in [1.165, 1.54) is 0 Å². The standard InChI is InChI=1S/C24H30N2O4/c1-3-28-23-19-20(10-12-24(27)26-15-13-25(2)14-16-26)9-11-22(23)30-18-17-29-21-7-5-4-6-8-21/h4-12,19H,3,13-18H2,1-2H3/b12-10+. The number of nitrogens with zero attached hydrogens (tertiary/aromatic N) is 2. The van der Waals surface area contributed by atoms with Crippen LogP contribution < -0.4 is 14.2 Å². The van der Waals surface area contributed by atoms with Gasteiger partial charge in [-0.15, -0.1) is 0 Å². The molecular weight excluding hydrogens is 380 g/mol. The van der Waals surface area contributed by atoms with Gasteiger partial charge in [-0.25, -0.2) is 0 Å². The van der Waals surface area contributed by atoms with Crippen molar-refractivity contribution in [3.8, 4) is 17.2 Å². The summed E-state index contributed by atoms with van der Waals surface area (Å²) in [5.74, 6) is 2.18. The number of para-hydroxylation sites is 1. The van der Waals surface area contributed by atoms with E-state index in [0.29, 0.717) is 31.3 Å². The molecule has 1 fully saturated rings. The number of piperazine rings is 1. The van der Waals surface area contributed by atoms with Gasteiger partial charge in [-0.2, -0.15) is 0 Å². The van der Waals surface area contributed by atoms with Gasteiger partial charge in [0.05, 0.1) is 6.61 Å². The van der Waals surface area contributed by atoms with Gasteiger partial charge in [0, 0.05) is 32.3 Å². The molecule has 2 aromatic carbocycles. The van der Waals surface area contributed by atoms with Crippen LogP contribution in [0.5, 0.6) is 17.2 Å². The first-order valence-corrected chi connectivity index (χ1v) is 10.4. The molecule has 30 heavy (non-hydrogen) atoms. The number of rotatable bonds is 9. The number of carbonyl (C=O) groups is 1. The third kappa shape index (κ3) is 6.52. The number of likely N-dealkylation sites (N-methyl/N-ethyl adjacent to an activating group) is 1. The van der Waals surface area contributed by atoms with E-state index in [0.717, 1.165) is 37.5 Å². The summed E-state index contributed by atoms with van der Waals surface area (Å²) < 4.78 is 17.2. The molecule has 2 aromatic rings. The summed E-state index contributed by atoms with van der Waals surface area (Å²) in [4.78, 5) is 16.5. The molecule has 0 aliphatic carbocycles. The Morgan fingerprint density at radius 2 is 1.67 bits per heavy atom. The molecule has 0 aromatic heterocycles. The maximum absolute atomic E-state index is 12.4. The van der Waals surface area contributed by atoms with Crippen LogP contribution in [0.4, 0.5) is 0 Å². The smallest absolute Gasteiger partial charge is 0.246 e. The van der Waals surface area contributed by atoms with Crippen molar-refractivity contribution in [2.45, 2.75) is 6.92 Å². The van der Waals surface area contributed by atoms with Crippen LogP contribution in [0.25, 0.3) is 6.08 Å². The van der Waals surface area contributed by atoms with Crippen molar-refractivity contribution in [2.75, 3.05) is 53.0 Å². The van der Waals surface area contributed by atoms with Crippen molar-refractivity contribution >= 4 is 12.0 Å². The van der Waals surface area contributed by atoms with Gasteiger partial charge in [-0.3, -0.25) is 4.79 Å². The average Bonchev–Trinajstić information content (AvgIpc) is 2.77. The Labute approximate surface area is 178 Å². The molecular formula is C24H30N2O4. The van der Waals surface area contributed by atoms with Gasteiger partial charge >= 0.3 is 0 Å². The van der Waals surface area contributed by atoms with Crippen molar-refractivity contribution in [3.63, 3.8) is 0 Å². The molecule has 1 aliphatic heterocycles. The van der Waals surface area contributed by atoms with E-state index in [-0.39, 0.29) is 5.91 Å². The van der Waals surface area contributed by atoms with Gasteiger partial charge < -0.3 is 24.0 Å². The molecule has 6 nitrogen and oxygen atoms in total. The Morgan fingerprint density at radius 3 is 2.40 bits per heavy atom. The Morgan fingerprint density at radius 1 is 0.933 bits per heavy atom. The SMILES string of the molecule is CCOc1cc(/C=C/C(=O)N2CCN(C)CC2)ccc1OCCOc1ccccc1. The average molecular weight is 411 g/mol. The molecule has 1 heterocycles. The highest BCUT2D eigenvalue weighted by Gasteiger charge is 2.16. The van der Waals surface area contributed by atoms with Crippen LogP contribution in [0.1, 0.15) is 12.5 Å². The topological polar surface area (TPSA) is 51.2 Å². The van der Waals surface area contributed by atoms with Crippen molar-refractivity contribution in [3.05, 3.63) is 60.2 Å². The first-order chi connectivity index (χ1) is 14.7. The molecule has 0 saturated carbocycles. The molecule has 0 atom stereocenters. The largest absolute Gasteiger partial charge is 0.490 e. The fourth-order valence-electron chi connectivity index (χ4n) is 3.14. The molecule has 1 amide bonds. The fraction of sp³-hybridized carbons (Fsp3) is 0.375. The lowest BCUT2D eigenvalue weighted by Gasteiger charge is -2.31. The molecule has 0 N–H and O–H groups in total. The predicted octanol–water partition coefficient (Wildman–Crippen LogP) is 3.33. The second kappa shape index (κ2) is 11.3. The molecule has 0 radical (unpaired) electrons. The second-order valence-electron chi connectivity index (χ2n) is 7.11. The van der Waals surface area contributed by atoms with Crippen LogP contribution in [-0.4, -0.2) is 68.8 Å². The summed E-state index contributed by atoms with van der Waals surface area (Å²) in [6.45, 7) is 6.67. The predicted molar refractivity (Wildman–Crippen MR) is 118 cm³/mol. The summed E-state index contributed by atoms with van der Waals surface area (Å²) in [5, 5.41) is 0. The number of amides is 1. The maximum atomic E-state index is 12.4. The highest BCUT2D eigenvalue weighted by molar-refractivity contribution is 5.92. The van der Waals surface area contributed by atoms with E-state index in [9.17, 15) is 4.79 Å². The lowest BCUT2D eigenvalue weighted by Crippen LogP contribution is -2.46. The zero-order chi connectivity index (χ0) is 21.2. The Hall–Kier alpha value is -2.99. The molecule has 1 aliphatic rings. The van der Waals surface area contributed by atoms with Gasteiger partial charge in [-0.05, 0) is 49.9 Å². The zero-order valence-electron chi connectivity index (χ0n) is 17.8. The maximum Gasteiger partial charge on any atom is 0.246 e. The lowest BCUT2D eigenvalue weighted by molar-refractivity contribution is -0.127. The van der Waals surface area contributed by atoms with Gasteiger partial charge in [0.15, 0.2) is 11.5 Å². The van der Waals surface area contributed by atoms with Crippen LogP contribution in [0.3, 0.4) is 0 Å². The number of carbonyl (C=O) groups excluding carboxylic acids is 1. The van der Waals surface area contributed by atoms with Crippen LogP contribution in [0.2, 0.25) is 0 Å². The van der Waals surface area contributed by atoms with Gasteiger partial charge in [-0.1, -0.05) is 24.3 Å². The quantitative estimate of drug-likeness (QED) is 0.469. The Balaban J connectivity index is 1.55. The number of benzene rings is 2. The summed E-state index contributed by atoms with van der Waals surface area (Å²) in [5.41, 5.74) is 0.897. The third-order valence-corrected chi connectivity index (χ3v) is 4.85. The normalized spacial score (nSPS) is 14.7. The fourth-order valence-corrected chi connectivity index (χ4v) is 3.14. The van der Waals surface area contributed by atoms with E-state index in [1.54, 1.807) is 6.08 Å². The van der Waals surface area contributed by atoms with Crippen molar-refractivity contribution in [1.82, 2.24) is 9.80 Å². The number of ether oxygens (including phenoxy) is 3. The Kier molecular flexibility index (Phi) is 8.15. The second-order valence-corrected chi connectivity index (χ2v) is 7.11. The van der Waals surface area contributed by atoms with E-state index >= 15 is 0 Å². The molecule has 1 saturated heterocycles. The van der Waals surface area contributed by atoms with Crippen molar-refractivity contribution in [1.29, 1.82) is 0 Å². The van der Waals surface area contributed by atoms with Crippen LogP contribution in [-0.2, 0) is 4.79 Å². The van der Waals surface area contributed by atoms with E-state index in [4.69, 9.17) is 14.2 Å². The first kappa shape index (κ1) is 21.7. The molecule has 0 spiro atoms. The third-order valence-electron chi connectivity index (χ3n) is 4.85. The van der Waals surface area contributed by atoms with E-state index in [2.05, 4.69) is 11.9 Å². The monoisotopic (exact) mass is 410 g/mol. The molecule has 160 valence electrons. The van der Waals surface area contributed by atoms with E-state index < -0.39 is 0 Å². The Bertz CT molecular complexity index is 830. The molecule has 0 unspecified atom stereocenters. The minimum Gasteiger partial charge on any atom is -0.490 e. The van der Waals surface area contributed by atoms with Crippen LogP contribution in [0.15, 0.2) is 54.6 Å². The highest BCUT2D eigenvalue weighted by Crippen LogP contribution is 2.29.